The Bertz CT molecular complexity index is 610. The van der Waals surface area contributed by atoms with Crippen molar-refractivity contribution >= 4 is 0 Å². The third-order valence-corrected chi connectivity index (χ3v) is 3.68. The van der Waals surface area contributed by atoms with Gasteiger partial charge in [-0.1, -0.05) is 12.1 Å². The van der Waals surface area contributed by atoms with E-state index in [1.807, 2.05) is 10.9 Å². The number of aromatic nitrogens is 2. The highest BCUT2D eigenvalue weighted by atomic mass is 19.3. The summed E-state index contributed by atoms with van der Waals surface area (Å²) in [6.07, 6.45) is 5.12. The third kappa shape index (κ3) is 3.21. The summed E-state index contributed by atoms with van der Waals surface area (Å²) < 4.78 is 30.4. The van der Waals surface area contributed by atoms with E-state index in [4.69, 9.17) is 5.73 Å². The van der Waals surface area contributed by atoms with E-state index in [1.54, 1.807) is 12.1 Å². The maximum absolute atomic E-state index is 12.1. The van der Waals surface area contributed by atoms with Gasteiger partial charge in [-0.25, -0.2) is 0 Å². The maximum Gasteiger partial charge on any atom is 0.387 e. The Morgan fingerprint density at radius 2 is 2.10 bits per heavy atom. The Labute approximate surface area is 121 Å². The average molecular weight is 293 g/mol. The molecule has 0 saturated carbocycles. The quantitative estimate of drug-likeness (QED) is 0.943. The molecule has 2 aromatic rings. The van der Waals surface area contributed by atoms with Crippen molar-refractivity contribution in [2.45, 2.75) is 38.5 Å². The molecule has 2 N–H and O–H groups in total. The largest absolute Gasteiger partial charge is 0.435 e. The van der Waals surface area contributed by atoms with E-state index in [-0.39, 0.29) is 11.8 Å². The summed E-state index contributed by atoms with van der Waals surface area (Å²) in [6, 6.07) is 6.63. The number of halogens is 2. The second-order valence-corrected chi connectivity index (χ2v) is 5.26. The lowest BCUT2D eigenvalue weighted by atomic mass is 9.95. The number of hydrogen-bond acceptors (Lipinski definition) is 3. The van der Waals surface area contributed by atoms with E-state index in [9.17, 15) is 8.78 Å². The monoisotopic (exact) mass is 293 g/mol. The zero-order valence-corrected chi connectivity index (χ0v) is 11.5. The van der Waals surface area contributed by atoms with E-state index >= 15 is 0 Å². The van der Waals surface area contributed by atoms with Crippen molar-refractivity contribution in [2.24, 2.45) is 5.73 Å². The lowest BCUT2D eigenvalue weighted by molar-refractivity contribution is -0.0498. The van der Waals surface area contributed by atoms with Gasteiger partial charge in [-0.05, 0) is 42.5 Å². The predicted octanol–water partition coefficient (Wildman–Crippen LogP) is 2.87. The molecule has 1 atom stereocenters. The van der Waals surface area contributed by atoms with Crippen LogP contribution < -0.4 is 10.5 Å². The van der Waals surface area contributed by atoms with Crippen molar-refractivity contribution in [3.05, 3.63) is 47.3 Å². The van der Waals surface area contributed by atoms with Gasteiger partial charge < -0.3 is 10.5 Å². The Balaban J connectivity index is 1.72. The number of aryl methyl sites for hydroxylation is 1. The van der Waals surface area contributed by atoms with E-state index in [1.165, 1.54) is 17.7 Å². The number of nitrogens with two attached hydrogens (primary N) is 1. The van der Waals surface area contributed by atoms with E-state index in [0.29, 0.717) is 6.54 Å². The van der Waals surface area contributed by atoms with Gasteiger partial charge in [-0.2, -0.15) is 13.9 Å². The zero-order chi connectivity index (χ0) is 14.8. The minimum atomic E-state index is -2.80. The highest BCUT2D eigenvalue weighted by Gasteiger charge is 2.20. The summed E-state index contributed by atoms with van der Waals surface area (Å²) in [4.78, 5) is 0. The first-order valence-corrected chi connectivity index (χ1v) is 6.97. The molecule has 4 nitrogen and oxygen atoms in total. The minimum absolute atomic E-state index is 0.0248. The molecule has 0 saturated heterocycles. The third-order valence-electron chi connectivity index (χ3n) is 3.68. The molecule has 1 aromatic heterocycles. The fourth-order valence-electron chi connectivity index (χ4n) is 2.68. The van der Waals surface area contributed by atoms with Gasteiger partial charge in [0.2, 0.25) is 0 Å². The molecule has 21 heavy (non-hydrogen) atoms. The van der Waals surface area contributed by atoms with Crippen LogP contribution in [0.3, 0.4) is 0 Å². The van der Waals surface area contributed by atoms with Gasteiger partial charge in [-0.3, -0.25) is 4.68 Å². The lowest BCUT2D eigenvalue weighted by Gasteiger charge is -2.15. The first-order valence-electron chi connectivity index (χ1n) is 6.97. The van der Waals surface area contributed by atoms with Crippen molar-refractivity contribution in [1.82, 2.24) is 9.78 Å². The van der Waals surface area contributed by atoms with Crippen LogP contribution >= 0.6 is 0 Å². The van der Waals surface area contributed by atoms with Crippen molar-refractivity contribution in [3.63, 3.8) is 0 Å². The highest BCUT2D eigenvalue weighted by molar-refractivity contribution is 5.28. The van der Waals surface area contributed by atoms with E-state index < -0.39 is 6.61 Å². The average Bonchev–Trinajstić information content (AvgIpc) is 2.84. The second kappa shape index (κ2) is 5.81. The fraction of sp³-hybridized carbons (Fsp3) is 0.400. The summed E-state index contributed by atoms with van der Waals surface area (Å²) in [7, 11) is 0. The Morgan fingerprint density at radius 3 is 2.76 bits per heavy atom. The number of hydrogen-bond donors (Lipinski definition) is 1. The smallest absolute Gasteiger partial charge is 0.387 e. The molecule has 1 heterocycles. The number of rotatable bonds is 4. The SMILES string of the molecule is NC1CCCc2cn(Cc3ccc(OC(F)F)cc3)nc21. The zero-order valence-electron chi connectivity index (χ0n) is 11.5. The second-order valence-electron chi connectivity index (χ2n) is 5.26. The van der Waals surface area contributed by atoms with E-state index in [2.05, 4.69) is 9.84 Å². The van der Waals surface area contributed by atoms with Gasteiger partial charge in [-0.15, -0.1) is 0 Å². The molecule has 0 bridgehead atoms. The van der Waals surface area contributed by atoms with Crippen molar-refractivity contribution < 1.29 is 13.5 Å². The maximum atomic E-state index is 12.1. The van der Waals surface area contributed by atoms with E-state index in [0.717, 1.165) is 30.5 Å². The summed E-state index contributed by atoms with van der Waals surface area (Å²) in [5.74, 6) is 0.163. The van der Waals surface area contributed by atoms with Crippen LogP contribution in [0.25, 0.3) is 0 Å². The number of alkyl halides is 2. The van der Waals surface area contributed by atoms with Crippen LogP contribution in [0.4, 0.5) is 8.78 Å². The highest BCUT2D eigenvalue weighted by Crippen LogP contribution is 2.26. The number of fused-ring (bicyclic) bond motifs is 1. The van der Waals surface area contributed by atoms with Gasteiger partial charge >= 0.3 is 6.61 Å². The van der Waals surface area contributed by atoms with Crippen LogP contribution in [0.15, 0.2) is 30.5 Å². The normalized spacial score (nSPS) is 17.8. The number of nitrogens with zero attached hydrogens (tertiary/aromatic N) is 2. The van der Waals surface area contributed by atoms with Crippen LogP contribution in [0.1, 0.15) is 35.7 Å². The molecule has 3 rings (SSSR count). The van der Waals surface area contributed by atoms with Crippen LogP contribution in [0.2, 0.25) is 0 Å². The first-order chi connectivity index (χ1) is 10.1. The first kappa shape index (κ1) is 14.0. The van der Waals surface area contributed by atoms with Gasteiger partial charge in [0.15, 0.2) is 0 Å². The van der Waals surface area contributed by atoms with Crippen LogP contribution in [-0.4, -0.2) is 16.4 Å². The lowest BCUT2D eigenvalue weighted by Crippen LogP contribution is -2.17. The molecule has 0 amide bonds. The standard InChI is InChI=1S/C15H17F2N3O/c16-15(17)21-12-6-4-10(5-7-12)8-20-9-11-2-1-3-13(18)14(11)19-20/h4-7,9,13,15H,1-3,8,18H2. The topological polar surface area (TPSA) is 53.1 Å². The molecule has 112 valence electrons. The van der Waals surface area contributed by atoms with Crippen LogP contribution in [0.5, 0.6) is 5.75 Å². The molecule has 0 fully saturated rings. The van der Waals surface area contributed by atoms with Crippen LogP contribution in [-0.2, 0) is 13.0 Å². The molecule has 1 aliphatic rings. The van der Waals surface area contributed by atoms with Gasteiger partial charge in [0.05, 0.1) is 12.2 Å². The van der Waals surface area contributed by atoms with Crippen LogP contribution in [0, 0.1) is 0 Å². The molecular weight excluding hydrogens is 276 g/mol. The Kier molecular flexibility index (Phi) is 3.88. The Morgan fingerprint density at radius 1 is 1.33 bits per heavy atom. The molecule has 0 radical (unpaired) electrons. The minimum Gasteiger partial charge on any atom is -0.435 e. The van der Waals surface area contributed by atoms with Gasteiger partial charge in [0, 0.05) is 12.2 Å². The van der Waals surface area contributed by atoms with Gasteiger partial charge in [0.1, 0.15) is 5.75 Å². The summed E-state index contributed by atoms with van der Waals surface area (Å²) in [6.45, 7) is -2.20. The molecule has 0 spiro atoms. The summed E-state index contributed by atoms with van der Waals surface area (Å²) >= 11 is 0. The Hall–Kier alpha value is -1.95. The molecule has 1 unspecified atom stereocenters. The summed E-state index contributed by atoms with van der Waals surface area (Å²) in [5, 5.41) is 4.54. The molecular formula is C15H17F2N3O. The van der Waals surface area contributed by atoms with Crippen molar-refractivity contribution in [2.75, 3.05) is 0 Å². The summed E-state index contributed by atoms with van der Waals surface area (Å²) in [5.41, 5.74) is 9.23. The van der Waals surface area contributed by atoms with Crippen molar-refractivity contribution in [3.8, 4) is 5.75 Å². The van der Waals surface area contributed by atoms with Crippen molar-refractivity contribution in [1.29, 1.82) is 0 Å². The fourth-order valence-corrected chi connectivity index (χ4v) is 2.68. The van der Waals surface area contributed by atoms with Gasteiger partial charge in [0.25, 0.3) is 0 Å². The molecule has 0 aliphatic heterocycles. The molecule has 1 aliphatic carbocycles. The molecule has 6 heteroatoms. The number of ether oxygens (including phenoxy) is 1. The predicted molar refractivity (Wildman–Crippen MR) is 74.3 cm³/mol. The number of benzene rings is 1. The molecule has 1 aromatic carbocycles.